The van der Waals surface area contributed by atoms with Crippen LogP contribution < -0.4 is 4.57 Å². The smallest absolute Gasteiger partial charge is 0.296 e. The lowest BCUT2D eigenvalue weighted by molar-refractivity contribution is -0.556. The van der Waals surface area contributed by atoms with E-state index in [-0.39, 0.29) is 11.8 Å². The maximum atomic E-state index is 7.90. The highest BCUT2D eigenvalue weighted by atomic mass is 16.3. The number of furan rings is 1. The lowest BCUT2D eigenvalue weighted by atomic mass is 9.88. The monoisotopic (exact) mass is 588 g/mol. The van der Waals surface area contributed by atoms with Gasteiger partial charge in [-0.3, -0.25) is 0 Å². The molecule has 0 fully saturated rings. The number of imidazole rings is 1. The van der Waals surface area contributed by atoms with Crippen molar-refractivity contribution in [1.29, 1.82) is 0 Å². The molecule has 0 aliphatic heterocycles. The summed E-state index contributed by atoms with van der Waals surface area (Å²) in [6.45, 7) is 6.92. The molecule has 1 N–H and O–H groups in total. The number of hydrogen-bond donors (Lipinski definition) is 1. The summed E-state index contributed by atoms with van der Waals surface area (Å²) in [5, 5.41) is 3.84. The zero-order valence-corrected chi connectivity index (χ0v) is 26.0. The first-order valence-corrected chi connectivity index (χ1v) is 15.7. The van der Waals surface area contributed by atoms with E-state index < -0.39 is 6.85 Å². The summed E-state index contributed by atoms with van der Waals surface area (Å²) >= 11 is 0. The number of aromatic amines is 1. The molecule has 0 amide bonds. The number of hydrogen-bond acceptors (Lipinski definition) is 1. The normalized spacial score (nSPS) is 13.3. The van der Waals surface area contributed by atoms with Gasteiger partial charge in [-0.1, -0.05) is 106 Å². The number of fused-ring (bicyclic) bond motifs is 5. The number of aryl methyl sites for hydroxylation is 1. The van der Waals surface area contributed by atoms with Gasteiger partial charge in [-0.25, -0.2) is 4.98 Å². The number of nitrogens with zero attached hydrogens (tertiary/aromatic N) is 1. The third-order valence-corrected chi connectivity index (χ3v) is 9.08. The maximum absolute atomic E-state index is 7.90. The van der Waals surface area contributed by atoms with E-state index in [1.165, 1.54) is 27.9 Å². The molecule has 0 saturated heterocycles. The van der Waals surface area contributed by atoms with Gasteiger partial charge < -0.3 is 4.42 Å². The highest BCUT2D eigenvalue weighted by Crippen LogP contribution is 2.39. The standard InChI is InChI=1S/C42H36N2O/c1-25(2)34-22-31(28-12-7-6-8-13-28)23-35(26(3)4)40(34)44-38-17-10-9-16-37(38)43-42(44)33-15-11-14-32-36-21-29-19-18-27(5)20-30(29)24-39(36)45-41(32)33/h6-26H,1-5H3/p+1/i5D3. The lowest BCUT2D eigenvalue weighted by Gasteiger charge is -2.20. The van der Waals surface area contributed by atoms with Crippen LogP contribution in [0.3, 0.4) is 0 Å². The topological polar surface area (TPSA) is 32.8 Å². The van der Waals surface area contributed by atoms with E-state index in [1.807, 2.05) is 12.1 Å². The molecular formula is C42H37N2O+. The van der Waals surface area contributed by atoms with Crippen LogP contribution >= 0.6 is 0 Å². The van der Waals surface area contributed by atoms with Crippen LogP contribution in [0.4, 0.5) is 0 Å². The lowest BCUT2D eigenvalue weighted by Crippen LogP contribution is -2.35. The van der Waals surface area contributed by atoms with Crippen LogP contribution in [0.2, 0.25) is 0 Å². The molecule has 45 heavy (non-hydrogen) atoms. The first-order chi connectivity index (χ1) is 23.1. The molecule has 2 heterocycles. The molecular weight excluding hydrogens is 548 g/mol. The zero-order chi connectivity index (χ0) is 33.3. The van der Waals surface area contributed by atoms with Gasteiger partial charge >= 0.3 is 0 Å². The van der Waals surface area contributed by atoms with Crippen LogP contribution in [0.1, 0.15) is 60.3 Å². The Morgan fingerprint density at radius 2 is 1.42 bits per heavy atom. The Hall–Kier alpha value is -5.15. The predicted molar refractivity (Wildman–Crippen MR) is 188 cm³/mol. The van der Waals surface area contributed by atoms with E-state index in [9.17, 15) is 0 Å². The fourth-order valence-electron chi connectivity index (χ4n) is 6.84. The van der Waals surface area contributed by atoms with Crippen molar-refractivity contribution in [1.82, 2.24) is 4.98 Å². The molecule has 0 atom stereocenters. The van der Waals surface area contributed by atoms with Gasteiger partial charge in [0.25, 0.3) is 5.82 Å². The summed E-state index contributed by atoms with van der Waals surface area (Å²) in [4.78, 5) is 3.79. The molecule has 6 aromatic carbocycles. The van der Waals surface area contributed by atoms with E-state index in [2.05, 4.69) is 128 Å². The van der Waals surface area contributed by atoms with Crippen LogP contribution in [0.5, 0.6) is 0 Å². The molecule has 3 nitrogen and oxygen atoms in total. The van der Waals surface area contributed by atoms with E-state index in [1.54, 1.807) is 12.1 Å². The van der Waals surface area contributed by atoms with Crippen LogP contribution in [-0.4, -0.2) is 4.98 Å². The van der Waals surface area contributed by atoms with Gasteiger partial charge in [0.2, 0.25) is 0 Å². The van der Waals surface area contributed by atoms with E-state index in [0.717, 1.165) is 55.1 Å². The van der Waals surface area contributed by atoms with Crippen LogP contribution in [-0.2, 0) is 0 Å². The molecule has 3 heteroatoms. The largest absolute Gasteiger partial charge is 0.455 e. The van der Waals surface area contributed by atoms with Crippen molar-refractivity contribution < 1.29 is 13.1 Å². The van der Waals surface area contributed by atoms with Crippen molar-refractivity contribution in [2.24, 2.45) is 0 Å². The number of nitrogens with one attached hydrogen (secondary N) is 1. The van der Waals surface area contributed by atoms with Crippen LogP contribution in [0, 0.1) is 6.85 Å². The fourth-order valence-corrected chi connectivity index (χ4v) is 6.84. The summed E-state index contributed by atoms with van der Waals surface area (Å²) < 4.78 is 32.8. The Labute approximate surface area is 268 Å². The van der Waals surface area contributed by atoms with Crippen LogP contribution in [0.25, 0.3) is 71.9 Å². The quantitative estimate of drug-likeness (QED) is 0.199. The molecule has 8 rings (SSSR count). The van der Waals surface area contributed by atoms with Gasteiger partial charge in [-0.2, -0.15) is 4.57 Å². The molecule has 0 unspecified atom stereocenters. The van der Waals surface area contributed by atoms with E-state index in [0.29, 0.717) is 5.56 Å². The third-order valence-electron chi connectivity index (χ3n) is 9.08. The maximum Gasteiger partial charge on any atom is 0.296 e. The number of para-hydroxylation sites is 3. The molecule has 0 bridgehead atoms. The number of H-pyrrole nitrogens is 1. The first-order valence-electron chi connectivity index (χ1n) is 17.2. The highest BCUT2D eigenvalue weighted by Gasteiger charge is 2.30. The Balaban J connectivity index is 1.42. The molecule has 0 aliphatic rings. The van der Waals surface area contributed by atoms with Crippen LogP contribution in [0.15, 0.2) is 120 Å². The molecule has 0 aliphatic carbocycles. The van der Waals surface area contributed by atoms with Gasteiger partial charge in [-0.05, 0) is 83.1 Å². The number of aromatic nitrogens is 2. The Bertz CT molecular complexity index is 2470. The minimum Gasteiger partial charge on any atom is -0.455 e. The fraction of sp³-hybridized carbons (Fsp3) is 0.167. The summed E-state index contributed by atoms with van der Waals surface area (Å²) in [5.41, 5.74) is 11.1. The van der Waals surface area contributed by atoms with E-state index >= 15 is 0 Å². The summed E-state index contributed by atoms with van der Waals surface area (Å²) in [6, 6.07) is 39.6. The molecule has 220 valence electrons. The molecule has 0 radical (unpaired) electrons. The van der Waals surface area contributed by atoms with Gasteiger partial charge in [0, 0.05) is 26.0 Å². The van der Waals surface area contributed by atoms with Crippen molar-refractivity contribution in [3.63, 3.8) is 0 Å². The average molecular weight is 589 g/mol. The number of benzene rings is 6. The average Bonchev–Trinajstić information content (AvgIpc) is 3.64. The number of rotatable bonds is 5. The summed E-state index contributed by atoms with van der Waals surface area (Å²) in [7, 11) is 0. The molecule has 0 spiro atoms. The van der Waals surface area contributed by atoms with Gasteiger partial charge in [-0.15, -0.1) is 0 Å². The third kappa shape index (κ3) is 4.45. The second kappa shape index (κ2) is 10.5. The second-order valence-corrected chi connectivity index (χ2v) is 12.7. The van der Waals surface area contributed by atoms with Crippen molar-refractivity contribution >= 4 is 43.7 Å². The minimum atomic E-state index is -2.17. The van der Waals surface area contributed by atoms with E-state index in [4.69, 9.17) is 8.53 Å². The minimum absolute atomic E-state index is 0.268. The summed E-state index contributed by atoms with van der Waals surface area (Å²) in [6.07, 6.45) is 0. The second-order valence-electron chi connectivity index (χ2n) is 12.7. The first kappa shape index (κ1) is 24.2. The molecule has 2 aromatic heterocycles. The zero-order valence-electron chi connectivity index (χ0n) is 29.0. The molecule has 0 saturated carbocycles. The van der Waals surface area contributed by atoms with Gasteiger partial charge in [0.15, 0.2) is 16.6 Å². The Kier molecular flexibility index (Phi) is 5.64. The highest BCUT2D eigenvalue weighted by molar-refractivity contribution is 6.13. The van der Waals surface area contributed by atoms with Crippen molar-refractivity contribution in [3.8, 4) is 28.2 Å². The summed E-state index contributed by atoms with van der Waals surface area (Å²) in [5.74, 6) is 1.49. The van der Waals surface area contributed by atoms with Crippen molar-refractivity contribution in [2.45, 2.75) is 46.4 Å². The SMILES string of the molecule is [2H]C([2H])([2H])c1ccc2cc3c(cc2c1)oc1c(-c2[nH]c4ccccc4[n+]2-c2c(C(C)C)cc(-c4ccccc4)cc2C(C)C)cccc13. The van der Waals surface area contributed by atoms with Gasteiger partial charge in [0.05, 0.1) is 0 Å². The molecule has 8 aromatic rings. The Morgan fingerprint density at radius 1 is 0.667 bits per heavy atom. The van der Waals surface area contributed by atoms with Crippen molar-refractivity contribution in [3.05, 3.63) is 132 Å². The Morgan fingerprint density at radius 3 is 2.18 bits per heavy atom. The van der Waals surface area contributed by atoms with Crippen molar-refractivity contribution in [2.75, 3.05) is 0 Å². The predicted octanol–water partition coefficient (Wildman–Crippen LogP) is 11.4. The van der Waals surface area contributed by atoms with Gasteiger partial charge in [0.1, 0.15) is 16.8 Å².